The Hall–Kier alpha value is -2.11. The van der Waals surface area contributed by atoms with Crippen LogP contribution < -0.4 is 4.90 Å². The van der Waals surface area contributed by atoms with Crippen molar-refractivity contribution >= 4 is 23.1 Å². The van der Waals surface area contributed by atoms with E-state index in [2.05, 4.69) is 19.3 Å². The van der Waals surface area contributed by atoms with Gasteiger partial charge in [0.1, 0.15) is 5.82 Å². The van der Waals surface area contributed by atoms with Crippen LogP contribution in [0.25, 0.3) is 16.9 Å². The number of piperidine rings is 1. The summed E-state index contributed by atoms with van der Waals surface area (Å²) in [5, 5.41) is 10.4. The Morgan fingerprint density at radius 2 is 1.96 bits per heavy atom. The number of benzene rings is 1. The summed E-state index contributed by atoms with van der Waals surface area (Å²) in [6.45, 7) is 1.63. The van der Waals surface area contributed by atoms with Gasteiger partial charge in [0.2, 0.25) is 0 Å². The maximum absolute atomic E-state index is 9.73. The molecule has 1 aliphatic rings. The molecule has 6 heteroatoms. The molecule has 0 atom stereocenters. The summed E-state index contributed by atoms with van der Waals surface area (Å²) in [6, 6.07) is 7.77. The van der Waals surface area contributed by atoms with E-state index in [-0.39, 0.29) is 6.10 Å². The molecule has 2 aromatic heterocycles. The molecule has 1 aliphatic heterocycles. The van der Waals surface area contributed by atoms with Gasteiger partial charge in [-0.25, -0.2) is 4.98 Å². The summed E-state index contributed by atoms with van der Waals surface area (Å²) in [5.74, 6) is 1.00. The summed E-state index contributed by atoms with van der Waals surface area (Å²) in [5.41, 5.74) is 2.82. The van der Waals surface area contributed by atoms with Crippen molar-refractivity contribution in [2.75, 3.05) is 18.0 Å². The van der Waals surface area contributed by atoms with Crippen LogP contribution in [0.4, 0.5) is 5.82 Å². The van der Waals surface area contributed by atoms with Crippen molar-refractivity contribution in [3.05, 3.63) is 47.9 Å². The van der Waals surface area contributed by atoms with Gasteiger partial charge in [0, 0.05) is 23.7 Å². The third-order valence-electron chi connectivity index (χ3n) is 4.31. The molecule has 0 aliphatic carbocycles. The Balaban J connectivity index is 1.84. The Morgan fingerprint density at radius 1 is 1.13 bits per heavy atom. The van der Waals surface area contributed by atoms with E-state index in [1.807, 2.05) is 36.7 Å². The minimum absolute atomic E-state index is 0.200. The molecule has 0 bridgehead atoms. The minimum Gasteiger partial charge on any atom is -0.393 e. The highest BCUT2D eigenvalue weighted by Crippen LogP contribution is 2.28. The molecule has 4 rings (SSSR count). The molecule has 0 spiro atoms. The molecule has 5 nitrogen and oxygen atoms in total. The number of halogens is 1. The Labute approximate surface area is 139 Å². The molecule has 3 heterocycles. The predicted molar refractivity (Wildman–Crippen MR) is 90.9 cm³/mol. The van der Waals surface area contributed by atoms with Gasteiger partial charge in [0.25, 0.3) is 0 Å². The van der Waals surface area contributed by atoms with E-state index in [0.29, 0.717) is 5.02 Å². The number of aliphatic hydroxyl groups is 1. The molecule has 1 saturated heterocycles. The highest BCUT2D eigenvalue weighted by atomic mass is 35.5. The Kier molecular flexibility index (Phi) is 3.67. The van der Waals surface area contributed by atoms with Gasteiger partial charge < -0.3 is 10.0 Å². The van der Waals surface area contributed by atoms with Crippen LogP contribution in [0.1, 0.15) is 12.8 Å². The zero-order chi connectivity index (χ0) is 15.8. The first-order chi connectivity index (χ1) is 11.2. The van der Waals surface area contributed by atoms with Crippen LogP contribution in [0.5, 0.6) is 0 Å². The SMILES string of the molecule is OC1CCN(c2cncc3ncc(-c4cccc(Cl)c4)n23)CC1. The number of fused-ring (bicyclic) bond motifs is 1. The molecule has 0 unspecified atom stereocenters. The van der Waals surface area contributed by atoms with E-state index in [9.17, 15) is 5.11 Å². The normalized spacial score (nSPS) is 16.2. The lowest BCUT2D eigenvalue weighted by atomic mass is 10.1. The van der Waals surface area contributed by atoms with E-state index >= 15 is 0 Å². The molecule has 23 heavy (non-hydrogen) atoms. The van der Waals surface area contributed by atoms with Crippen molar-refractivity contribution in [3.63, 3.8) is 0 Å². The summed E-state index contributed by atoms with van der Waals surface area (Å²) in [7, 11) is 0. The van der Waals surface area contributed by atoms with Gasteiger partial charge in [-0.2, -0.15) is 0 Å². The van der Waals surface area contributed by atoms with Crippen molar-refractivity contribution in [2.24, 2.45) is 0 Å². The van der Waals surface area contributed by atoms with Crippen LogP contribution in [0.3, 0.4) is 0 Å². The van der Waals surface area contributed by atoms with E-state index in [0.717, 1.165) is 48.7 Å². The van der Waals surface area contributed by atoms with E-state index in [4.69, 9.17) is 11.6 Å². The van der Waals surface area contributed by atoms with Gasteiger partial charge in [-0.3, -0.25) is 9.38 Å². The summed E-state index contributed by atoms with van der Waals surface area (Å²) >= 11 is 6.14. The monoisotopic (exact) mass is 328 g/mol. The molecule has 118 valence electrons. The van der Waals surface area contributed by atoms with E-state index in [1.165, 1.54) is 0 Å². The number of aliphatic hydroxyl groups excluding tert-OH is 1. The third-order valence-corrected chi connectivity index (χ3v) is 4.54. The van der Waals surface area contributed by atoms with Crippen LogP contribution in [0.15, 0.2) is 42.9 Å². The van der Waals surface area contributed by atoms with Crippen molar-refractivity contribution in [2.45, 2.75) is 18.9 Å². The lowest BCUT2D eigenvalue weighted by Crippen LogP contribution is -2.36. The summed E-state index contributed by atoms with van der Waals surface area (Å²) in [6.07, 6.45) is 6.82. The lowest BCUT2D eigenvalue weighted by Gasteiger charge is -2.31. The van der Waals surface area contributed by atoms with Crippen molar-refractivity contribution in [3.8, 4) is 11.3 Å². The molecular formula is C17H17ClN4O. The number of hydrogen-bond donors (Lipinski definition) is 1. The van der Waals surface area contributed by atoms with Gasteiger partial charge in [-0.05, 0) is 25.0 Å². The molecule has 1 N–H and O–H groups in total. The fraction of sp³-hybridized carbons (Fsp3) is 0.294. The molecule has 1 aromatic carbocycles. The quantitative estimate of drug-likeness (QED) is 0.785. The standard InChI is InChI=1S/C17H17ClN4O/c18-13-3-1-2-12(8-13)15-9-20-16-10-19-11-17(22(15)16)21-6-4-14(23)5-7-21/h1-3,8-11,14,23H,4-7H2. The Bertz CT molecular complexity index is 839. The number of imidazole rings is 1. The van der Waals surface area contributed by atoms with Gasteiger partial charge in [0.15, 0.2) is 5.65 Å². The number of anilines is 1. The highest BCUT2D eigenvalue weighted by molar-refractivity contribution is 6.30. The average molecular weight is 329 g/mol. The molecule has 0 radical (unpaired) electrons. The van der Waals surface area contributed by atoms with Crippen LogP contribution >= 0.6 is 11.6 Å². The van der Waals surface area contributed by atoms with Crippen molar-refractivity contribution in [1.29, 1.82) is 0 Å². The molecule has 3 aromatic rings. The van der Waals surface area contributed by atoms with Crippen molar-refractivity contribution < 1.29 is 5.11 Å². The number of aromatic nitrogens is 3. The number of rotatable bonds is 2. The van der Waals surface area contributed by atoms with Crippen LogP contribution in [-0.4, -0.2) is 38.7 Å². The van der Waals surface area contributed by atoms with Crippen molar-refractivity contribution in [1.82, 2.24) is 14.4 Å². The molecular weight excluding hydrogens is 312 g/mol. The fourth-order valence-electron chi connectivity index (χ4n) is 3.10. The summed E-state index contributed by atoms with van der Waals surface area (Å²) in [4.78, 5) is 11.0. The second-order valence-electron chi connectivity index (χ2n) is 5.83. The minimum atomic E-state index is -0.200. The van der Waals surface area contributed by atoms with Gasteiger partial charge in [0.05, 0.1) is 30.4 Å². The van der Waals surface area contributed by atoms with Crippen LogP contribution in [0, 0.1) is 0 Å². The molecule has 1 fully saturated rings. The number of nitrogens with zero attached hydrogens (tertiary/aromatic N) is 4. The number of hydrogen-bond acceptors (Lipinski definition) is 4. The third kappa shape index (κ3) is 2.66. The maximum atomic E-state index is 9.73. The maximum Gasteiger partial charge on any atom is 0.157 e. The van der Waals surface area contributed by atoms with Gasteiger partial charge in [-0.15, -0.1) is 0 Å². The highest BCUT2D eigenvalue weighted by Gasteiger charge is 2.21. The molecule has 0 saturated carbocycles. The van der Waals surface area contributed by atoms with Gasteiger partial charge in [-0.1, -0.05) is 23.7 Å². The second-order valence-corrected chi connectivity index (χ2v) is 6.27. The Morgan fingerprint density at radius 3 is 2.74 bits per heavy atom. The van der Waals surface area contributed by atoms with Gasteiger partial charge >= 0.3 is 0 Å². The van der Waals surface area contributed by atoms with Crippen LogP contribution in [-0.2, 0) is 0 Å². The molecule has 0 amide bonds. The first-order valence-corrected chi connectivity index (χ1v) is 8.10. The zero-order valence-corrected chi connectivity index (χ0v) is 13.3. The first kappa shape index (κ1) is 14.5. The fourth-order valence-corrected chi connectivity index (χ4v) is 3.29. The lowest BCUT2D eigenvalue weighted by molar-refractivity contribution is 0.145. The summed E-state index contributed by atoms with van der Waals surface area (Å²) < 4.78 is 2.11. The predicted octanol–water partition coefficient (Wildman–Crippen LogP) is 3.01. The zero-order valence-electron chi connectivity index (χ0n) is 12.6. The van der Waals surface area contributed by atoms with E-state index < -0.39 is 0 Å². The van der Waals surface area contributed by atoms with E-state index in [1.54, 1.807) is 6.20 Å². The first-order valence-electron chi connectivity index (χ1n) is 7.73. The largest absolute Gasteiger partial charge is 0.393 e. The van der Waals surface area contributed by atoms with Crippen LogP contribution in [0.2, 0.25) is 5.02 Å². The topological polar surface area (TPSA) is 53.7 Å². The smallest absolute Gasteiger partial charge is 0.157 e. The second kappa shape index (κ2) is 5.83. The average Bonchev–Trinajstić information content (AvgIpc) is 3.00.